The van der Waals surface area contributed by atoms with E-state index in [1.165, 1.54) is 10.9 Å². The van der Waals surface area contributed by atoms with Crippen LogP contribution < -0.4 is 10.9 Å². The van der Waals surface area contributed by atoms with Gasteiger partial charge < -0.3 is 5.32 Å². The Morgan fingerprint density at radius 3 is 2.81 bits per heavy atom. The minimum Gasteiger partial charge on any atom is -0.350 e. The van der Waals surface area contributed by atoms with Crippen LogP contribution in [0.15, 0.2) is 47.5 Å². The first-order chi connectivity index (χ1) is 12.7. The number of carbonyl (C=O) groups is 1. The van der Waals surface area contributed by atoms with Gasteiger partial charge in [-0.15, -0.1) is 0 Å². The summed E-state index contributed by atoms with van der Waals surface area (Å²) >= 11 is 0. The summed E-state index contributed by atoms with van der Waals surface area (Å²) in [7, 11) is 0. The molecule has 0 saturated carbocycles. The van der Waals surface area contributed by atoms with E-state index in [1.54, 1.807) is 0 Å². The maximum absolute atomic E-state index is 12.7. The molecule has 6 heteroatoms. The maximum atomic E-state index is 12.7. The topological polar surface area (TPSA) is 76.9 Å². The SMILES string of the molecule is O=C(Cn1cnc2nc3c(cc2c1=O)CCCC3)NCc1ccccc1. The van der Waals surface area contributed by atoms with Crippen LogP contribution in [0, 0.1) is 0 Å². The lowest BCUT2D eigenvalue weighted by molar-refractivity contribution is -0.121. The Labute approximate surface area is 150 Å². The Hall–Kier alpha value is -3.02. The highest BCUT2D eigenvalue weighted by Crippen LogP contribution is 2.21. The van der Waals surface area contributed by atoms with Gasteiger partial charge in [-0.25, -0.2) is 9.97 Å². The first-order valence-electron chi connectivity index (χ1n) is 8.89. The van der Waals surface area contributed by atoms with Gasteiger partial charge in [-0.3, -0.25) is 14.2 Å². The fourth-order valence-corrected chi connectivity index (χ4v) is 3.33. The molecule has 4 rings (SSSR count). The van der Waals surface area contributed by atoms with Gasteiger partial charge in [-0.1, -0.05) is 30.3 Å². The molecule has 6 nitrogen and oxygen atoms in total. The van der Waals surface area contributed by atoms with Crippen molar-refractivity contribution in [3.8, 4) is 0 Å². The van der Waals surface area contributed by atoms with E-state index < -0.39 is 0 Å². The predicted molar refractivity (Wildman–Crippen MR) is 98.7 cm³/mol. The summed E-state index contributed by atoms with van der Waals surface area (Å²) in [5, 5.41) is 3.32. The summed E-state index contributed by atoms with van der Waals surface area (Å²) in [5.74, 6) is -0.219. The van der Waals surface area contributed by atoms with Crippen LogP contribution in [0.5, 0.6) is 0 Å². The van der Waals surface area contributed by atoms with E-state index in [-0.39, 0.29) is 18.0 Å². The summed E-state index contributed by atoms with van der Waals surface area (Å²) in [4.78, 5) is 33.8. The normalized spacial score (nSPS) is 13.4. The first kappa shape index (κ1) is 16.4. The molecule has 3 aromatic rings. The van der Waals surface area contributed by atoms with Crippen LogP contribution >= 0.6 is 0 Å². The molecule has 1 aliphatic rings. The molecule has 1 amide bonds. The predicted octanol–water partition coefficient (Wildman–Crippen LogP) is 1.99. The lowest BCUT2D eigenvalue weighted by Crippen LogP contribution is -2.32. The lowest BCUT2D eigenvalue weighted by atomic mass is 9.95. The minimum absolute atomic E-state index is 0.0499. The van der Waals surface area contributed by atoms with Gasteiger partial charge in [0.2, 0.25) is 5.91 Å². The number of nitrogens with zero attached hydrogens (tertiary/aromatic N) is 3. The summed E-state index contributed by atoms with van der Waals surface area (Å²) < 4.78 is 1.35. The molecular formula is C20H20N4O2. The summed E-state index contributed by atoms with van der Waals surface area (Å²) in [6, 6.07) is 11.6. The van der Waals surface area contributed by atoms with Crippen molar-refractivity contribution in [3.05, 3.63) is 69.9 Å². The minimum atomic E-state index is -0.219. The molecule has 2 aromatic heterocycles. The van der Waals surface area contributed by atoms with Crippen molar-refractivity contribution >= 4 is 16.9 Å². The van der Waals surface area contributed by atoms with Gasteiger partial charge in [0.25, 0.3) is 5.56 Å². The number of benzene rings is 1. The quantitative estimate of drug-likeness (QED) is 0.782. The van der Waals surface area contributed by atoms with Crippen molar-refractivity contribution in [2.75, 3.05) is 0 Å². The van der Waals surface area contributed by atoms with Crippen molar-refractivity contribution in [2.24, 2.45) is 0 Å². The molecule has 26 heavy (non-hydrogen) atoms. The van der Waals surface area contributed by atoms with E-state index in [2.05, 4.69) is 15.3 Å². The summed E-state index contributed by atoms with van der Waals surface area (Å²) in [6.45, 7) is 0.385. The van der Waals surface area contributed by atoms with E-state index in [0.717, 1.165) is 42.5 Å². The van der Waals surface area contributed by atoms with E-state index in [4.69, 9.17) is 0 Å². The Balaban J connectivity index is 1.54. The fourth-order valence-electron chi connectivity index (χ4n) is 3.33. The number of amides is 1. The third-order valence-electron chi connectivity index (χ3n) is 4.74. The highest BCUT2D eigenvalue weighted by Gasteiger charge is 2.15. The molecule has 0 spiro atoms. The van der Waals surface area contributed by atoms with Crippen LogP contribution in [0.4, 0.5) is 0 Å². The molecule has 1 aromatic carbocycles. The molecule has 2 heterocycles. The van der Waals surface area contributed by atoms with Gasteiger partial charge in [0.15, 0.2) is 5.65 Å². The van der Waals surface area contributed by atoms with Crippen LogP contribution in [-0.4, -0.2) is 20.4 Å². The smallest absolute Gasteiger partial charge is 0.263 e. The molecule has 132 valence electrons. The van der Waals surface area contributed by atoms with E-state index in [1.807, 2.05) is 36.4 Å². The highest BCUT2D eigenvalue weighted by molar-refractivity contribution is 5.77. The van der Waals surface area contributed by atoms with Crippen LogP contribution in [-0.2, 0) is 30.7 Å². The molecule has 0 radical (unpaired) electrons. The van der Waals surface area contributed by atoms with Crippen LogP contribution in [0.25, 0.3) is 11.0 Å². The van der Waals surface area contributed by atoms with Crippen molar-refractivity contribution < 1.29 is 4.79 Å². The van der Waals surface area contributed by atoms with Crippen LogP contribution in [0.3, 0.4) is 0 Å². The Morgan fingerprint density at radius 1 is 1.15 bits per heavy atom. The summed E-state index contributed by atoms with van der Waals surface area (Å²) in [6.07, 6.45) is 5.55. The van der Waals surface area contributed by atoms with Crippen molar-refractivity contribution in [3.63, 3.8) is 0 Å². The molecule has 1 aliphatic carbocycles. The van der Waals surface area contributed by atoms with Gasteiger partial charge in [0.1, 0.15) is 12.9 Å². The molecule has 0 atom stereocenters. The third-order valence-corrected chi connectivity index (χ3v) is 4.74. The fraction of sp³-hybridized carbons (Fsp3) is 0.300. The first-order valence-corrected chi connectivity index (χ1v) is 8.89. The number of aryl methyl sites for hydroxylation is 2. The molecule has 0 unspecified atom stereocenters. The van der Waals surface area contributed by atoms with Gasteiger partial charge in [0, 0.05) is 12.2 Å². The van der Waals surface area contributed by atoms with Gasteiger partial charge in [-0.2, -0.15) is 0 Å². The number of hydrogen-bond acceptors (Lipinski definition) is 4. The number of pyridine rings is 1. The highest BCUT2D eigenvalue weighted by atomic mass is 16.2. The molecule has 0 fully saturated rings. The van der Waals surface area contributed by atoms with E-state index in [9.17, 15) is 9.59 Å². The Kier molecular flexibility index (Phi) is 4.48. The zero-order chi connectivity index (χ0) is 17.9. The van der Waals surface area contributed by atoms with Crippen LogP contribution in [0.1, 0.15) is 29.7 Å². The zero-order valence-electron chi connectivity index (χ0n) is 14.4. The molecule has 0 saturated heterocycles. The molecule has 0 bridgehead atoms. The maximum Gasteiger partial charge on any atom is 0.263 e. The Morgan fingerprint density at radius 2 is 1.96 bits per heavy atom. The van der Waals surface area contributed by atoms with Gasteiger partial charge in [0.05, 0.1) is 5.39 Å². The van der Waals surface area contributed by atoms with Crippen molar-refractivity contribution in [1.29, 1.82) is 0 Å². The van der Waals surface area contributed by atoms with Gasteiger partial charge >= 0.3 is 0 Å². The number of rotatable bonds is 4. The number of nitrogens with one attached hydrogen (secondary N) is 1. The van der Waals surface area contributed by atoms with Crippen LogP contribution in [0.2, 0.25) is 0 Å². The van der Waals surface area contributed by atoms with Gasteiger partial charge in [-0.05, 0) is 42.9 Å². The monoisotopic (exact) mass is 348 g/mol. The van der Waals surface area contributed by atoms with Crippen molar-refractivity contribution in [2.45, 2.75) is 38.8 Å². The van der Waals surface area contributed by atoms with Crippen molar-refractivity contribution in [1.82, 2.24) is 19.9 Å². The standard InChI is InChI=1S/C20H20N4O2/c25-18(21-11-14-6-2-1-3-7-14)12-24-13-22-19-16(20(24)26)10-15-8-4-5-9-17(15)23-19/h1-3,6-7,10,13H,4-5,8-9,11-12H2,(H,21,25). The Bertz CT molecular complexity index is 1010. The largest absolute Gasteiger partial charge is 0.350 e. The van der Waals surface area contributed by atoms with E-state index >= 15 is 0 Å². The second kappa shape index (κ2) is 7.07. The number of carbonyl (C=O) groups excluding carboxylic acids is 1. The lowest BCUT2D eigenvalue weighted by Gasteiger charge is -2.15. The molecule has 1 N–H and O–H groups in total. The zero-order valence-corrected chi connectivity index (χ0v) is 14.4. The summed E-state index contributed by atoms with van der Waals surface area (Å²) in [5.41, 5.74) is 3.45. The van der Waals surface area contributed by atoms with E-state index in [0.29, 0.717) is 17.6 Å². The third kappa shape index (κ3) is 3.35. The number of aromatic nitrogens is 3. The number of fused-ring (bicyclic) bond motifs is 2. The molecular weight excluding hydrogens is 328 g/mol. The number of hydrogen-bond donors (Lipinski definition) is 1. The second-order valence-electron chi connectivity index (χ2n) is 6.61. The second-order valence-corrected chi connectivity index (χ2v) is 6.61. The average Bonchev–Trinajstić information content (AvgIpc) is 2.68. The molecule has 0 aliphatic heterocycles. The average molecular weight is 348 g/mol.